The smallest absolute Gasteiger partial charge is 0.288 e. The minimum atomic E-state index is -0.504. The van der Waals surface area contributed by atoms with Crippen LogP contribution in [0.1, 0.15) is 25.1 Å². The lowest BCUT2D eigenvalue weighted by Gasteiger charge is -2.16. The third kappa shape index (κ3) is 3.06. The predicted molar refractivity (Wildman–Crippen MR) is 73.5 cm³/mol. The zero-order valence-electron chi connectivity index (χ0n) is 10.3. The Labute approximate surface area is 115 Å². The molecular formula is C13H13ClN2O3. The molecule has 0 fully saturated rings. The van der Waals surface area contributed by atoms with E-state index < -0.39 is 4.92 Å². The summed E-state index contributed by atoms with van der Waals surface area (Å²) in [5.41, 5.74) is 0.622. The van der Waals surface area contributed by atoms with Gasteiger partial charge < -0.3 is 9.73 Å². The number of hydrogen-bond acceptors (Lipinski definition) is 4. The van der Waals surface area contributed by atoms with Crippen molar-refractivity contribution in [1.82, 2.24) is 0 Å². The molecule has 0 spiro atoms. The van der Waals surface area contributed by atoms with Crippen molar-refractivity contribution in [1.29, 1.82) is 0 Å². The van der Waals surface area contributed by atoms with E-state index in [1.165, 1.54) is 6.07 Å². The van der Waals surface area contributed by atoms with Gasteiger partial charge in [0.2, 0.25) is 0 Å². The Morgan fingerprint density at radius 1 is 1.47 bits per heavy atom. The predicted octanol–water partition coefficient (Wildman–Crippen LogP) is 4.40. The highest BCUT2D eigenvalue weighted by atomic mass is 35.5. The number of anilines is 1. The van der Waals surface area contributed by atoms with Gasteiger partial charge in [0.15, 0.2) is 0 Å². The Morgan fingerprint density at radius 3 is 2.79 bits per heavy atom. The van der Waals surface area contributed by atoms with E-state index in [4.69, 9.17) is 16.0 Å². The van der Waals surface area contributed by atoms with Crippen LogP contribution >= 0.6 is 11.6 Å². The molecule has 100 valence electrons. The molecule has 2 aromatic rings. The number of nitro benzene ring substituents is 1. The molecule has 0 bridgehead atoms. The van der Waals surface area contributed by atoms with Crippen molar-refractivity contribution in [2.75, 3.05) is 5.32 Å². The molecule has 0 aliphatic heterocycles. The first kappa shape index (κ1) is 13.4. The van der Waals surface area contributed by atoms with Gasteiger partial charge in [-0.25, -0.2) is 0 Å². The van der Waals surface area contributed by atoms with E-state index in [1.54, 1.807) is 18.4 Å². The molecule has 0 saturated heterocycles. The molecule has 1 aromatic heterocycles. The van der Waals surface area contributed by atoms with Crippen molar-refractivity contribution in [3.63, 3.8) is 0 Å². The zero-order valence-corrected chi connectivity index (χ0v) is 11.1. The lowest BCUT2D eigenvalue weighted by Crippen LogP contribution is -2.08. The maximum atomic E-state index is 10.7. The molecule has 0 aliphatic rings. The number of nitro groups is 1. The molecule has 0 amide bonds. The van der Waals surface area contributed by atoms with Crippen LogP contribution < -0.4 is 5.32 Å². The number of hydrogen-bond donors (Lipinski definition) is 1. The van der Waals surface area contributed by atoms with Crippen LogP contribution in [0.2, 0.25) is 5.02 Å². The average molecular weight is 281 g/mol. The SMILES string of the molecule is CCC(Nc1ccc([N+](=O)[O-])c(Cl)c1)c1ccco1. The summed E-state index contributed by atoms with van der Waals surface area (Å²) in [6.45, 7) is 2.02. The van der Waals surface area contributed by atoms with Crippen LogP contribution in [0.15, 0.2) is 41.0 Å². The van der Waals surface area contributed by atoms with E-state index >= 15 is 0 Å². The number of rotatable bonds is 5. The highest BCUT2D eigenvalue weighted by molar-refractivity contribution is 6.32. The fourth-order valence-corrected chi connectivity index (χ4v) is 2.06. The summed E-state index contributed by atoms with van der Waals surface area (Å²) in [5, 5.41) is 14.0. The number of nitrogens with one attached hydrogen (secondary N) is 1. The van der Waals surface area contributed by atoms with Gasteiger partial charge in [0.1, 0.15) is 10.8 Å². The van der Waals surface area contributed by atoms with E-state index in [0.717, 1.165) is 17.9 Å². The van der Waals surface area contributed by atoms with E-state index in [-0.39, 0.29) is 16.8 Å². The van der Waals surface area contributed by atoms with Crippen molar-refractivity contribution >= 4 is 23.0 Å². The maximum Gasteiger partial charge on any atom is 0.288 e. The van der Waals surface area contributed by atoms with Gasteiger partial charge in [-0.15, -0.1) is 0 Å². The highest BCUT2D eigenvalue weighted by Gasteiger charge is 2.15. The van der Waals surface area contributed by atoms with Crippen molar-refractivity contribution in [2.24, 2.45) is 0 Å². The van der Waals surface area contributed by atoms with Gasteiger partial charge in [-0.3, -0.25) is 10.1 Å². The standard InChI is InChI=1S/C13H13ClN2O3/c1-2-11(13-4-3-7-19-13)15-9-5-6-12(16(17)18)10(14)8-9/h3-8,11,15H,2H2,1H3. The molecule has 19 heavy (non-hydrogen) atoms. The summed E-state index contributed by atoms with van der Waals surface area (Å²) < 4.78 is 5.35. The summed E-state index contributed by atoms with van der Waals surface area (Å²) >= 11 is 5.87. The second-order valence-electron chi connectivity index (χ2n) is 4.04. The second-order valence-corrected chi connectivity index (χ2v) is 4.45. The van der Waals surface area contributed by atoms with Gasteiger partial charge in [0, 0.05) is 11.8 Å². The van der Waals surface area contributed by atoms with Crippen LogP contribution in [0.25, 0.3) is 0 Å². The first-order valence-electron chi connectivity index (χ1n) is 5.85. The van der Waals surface area contributed by atoms with Crippen molar-refractivity contribution in [3.05, 3.63) is 57.5 Å². The van der Waals surface area contributed by atoms with Gasteiger partial charge >= 0.3 is 0 Å². The Kier molecular flexibility index (Phi) is 4.06. The molecule has 2 rings (SSSR count). The van der Waals surface area contributed by atoms with Crippen molar-refractivity contribution in [2.45, 2.75) is 19.4 Å². The lowest BCUT2D eigenvalue weighted by atomic mass is 10.1. The van der Waals surface area contributed by atoms with E-state index in [2.05, 4.69) is 5.32 Å². The quantitative estimate of drug-likeness (QED) is 0.651. The fraction of sp³-hybridized carbons (Fsp3) is 0.231. The van der Waals surface area contributed by atoms with E-state index in [9.17, 15) is 10.1 Å². The van der Waals surface area contributed by atoms with Crippen molar-refractivity contribution < 1.29 is 9.34 Å². The van der Waals surface area contributed by atoms with Crippen LogP contribution in [-0.4, -0.2) is 4.92 Å². The van der Waals surface area contributed by atoms with Crippen LogP contribution in [0.5, 0.6) is 0 Å². The van der Waals surface area contributed by atoms with E-state index in [0.29, 0.717) is 0 Å². The summed E-state index contributed by atoms with van der Waals surface area (Å²) in [6.07, 6.45) is 2.44. The highest BCUT2D eigenvalue weighted by Crippen LogP contribution is 2.30. The van der Waals surface area contributed by atoms with Crippen LogP contribution in [0.3, 0.4) is 0 Å². The molecule has 1 atom stereocenters. The molecule has 0 aliphatic carbocycles. The Balaban J connectivity index is 2.19. The van der Waals surface area contributed by atoms with Gasteiger partial charge in [0.05, 0.1) is 17.2 Å². The third-order valence-electron chi connectivity index (χ3n) is 2.78. The van der Waals surface area contributed by atoms with Crippen molar-refractivity contribution in [3.8, 4) is 0 Å². The number of furan rings is 1. The van der Waals surface area contributed by atoms with E-state index in [1.807, 2.05) is 19.1 Å². The summed E-state index contributed by atoms with van der Waals surface area (Å²) in [4.78, 5) is 10.2. The first-order valence-corrected chi connectivity index (χ1v) is 6.23. The lowest BCUT2D eigenvalue weighted by molar-refractivity contribution is -0.384. The molecule has 5 nitrogen and oxygen atoms in total. The Hall–Kier alpha value is -2.01. The van der Waals surface area contributed by atoms with Gasteiger partial charge in [-0.1, -0.05) is 18.5 Å². The summed E-state index contributed by atoms with van der Waals surface area (Å²) in [6, 6.07) is 8.28. The topological polar surface area (TPSA) is 68.3 Å². The number of benzene rings is 1. The number of halogens is 1. The monoisotopic (exact) mass is 280 g/mol. The minimum Gasteiger partial charge on any atom is -0.467 e. The molecule has 1 heterocycles. The van der Waals surface area contributed by atoms with Gasteiger partial charge in [-0.05, 0) is 30.7 Å². The summed E-state index contributed by atoms with van der Waals surface area (Å²) in [5.74, 6) is 0.817. The number of nitrogens with zero attached hydrogens (tertiary/aromatic N) is 1. The summed E-state index contributed by atoms with van der Waals surface area (Å²) in [7, 11) is 0. The normalized spacial score (nSPS) is 12.1. The Morgan fingerprint density at radius 2 is 2.26 bits per heavy atom. The molecule has 1 unspecified atom stereocenters. The molecular weight excluding hydrogens is 268 g/mol. The van der Waals surface area contributed by atoms with Gasteiger partial charge in [-0.2, -0.15) is 0 Å². The van der Waals surface area contributed by atoms with Crippen LogP contribution in [0.4, 0.5) is 11.4 Å². The Bertz CT molecular complexity index is 569. The molecule has 1 aromatic carbocycles. The second kappa shape index (κ2) is 5.75. The molecule has 1 N–H and O–H groups in total. The zero-order chi connectivity index (χ0) is 13.8. The molecule has 6 heteroatoms. The minimum absolute atomic E-state index is 0.00697. The molecule has 0 radical (unpaired) electrons. The van der Waals surface area contributed by atoms with Gasteiger partial charge in [0.25, 0.3) is 5.69 Å². The molecule has 0 saturated carbocycles. The fourth-order valence-electron chi connectivity index (χ4n) is 1.81. The van der Waals surface area contributed by atoms with Crippen LogP contribution in [0, 0.1) is 10.1 Å². The average Bonchev–Trinajstić information content (AvgIpc) is 2.89. The third-order valence-corrected chi connectivity index (χ3v) is 3.08. The first-order chi connectivity index (χ1) is 9.11. The maximum absolute atomic E-state index is 10.7. The largest absolute Gasteiger partial charge is 0.467 e. The van der Waals surface area contributed by atoms with Crippen LogP contribution in [-0.2, 0) is 0 Å².